The number of amides is 1. The van der Waals surface area contributed by atoms with Crippen LogP contribution in [0.3, 0.4) is 0 Å². The van der Waals surface area contributed by atoms with Crippen molar-refractivity contribution in [2.75, 3.05) is 13.1 Å². The lowest BCUT2D eigenvalue weighted by molar-refractivity contribution is -0.121. The van der Waals surface area contributed by atoms with E-state index in [1.807, 2.05) is 13.8 Å². The summed E-state index contributed by atoms with van der Waals surface area (Å²) in [6.45, 7) is 5.61. The number of terminal acetylenes is 1. The van der Waals surface area contributed by atoms with Gasteiger partial charge in [-0.25, -0.2) is 0 Å². The zero-order valence-corrected chi connectivity index (χ0v) is 9.10. The summed E-state index contributed by atoms with van der Waals surface area (Å²) in [5.41, 5.74) is 0. The van der Waals surface area contributed by atoms with E-state index in [4.69, 9.17) is 6.42 Å². The lowest BCUT2D eigenvalue weighted by Crippen LogP contribution is -2.34. The maximum absolute atomic E-state index is 11.3. The second-order valence-electron chi connectivity index (χ2n) is 3.32. The van der Waals surface area contributed by atoms with Crippen LogP contribution in [0.15, 0.2) is 0 Å². The van der Waals surface area contributed by atoms with Gasteiger partial charge in [0.05, 0.1) is 0 Å². The SMILES string of the molecule is C#CCCCNC(=O)CC(C)NCC. The Morgan fingerprint density at radius 1 is 1.57 bits per heavy atom. The third kappa shape index (κ3) is 7.63. The van der Waals surface area contributed by atoms with Crippen molar-refractivity contribution in [2.24, 2.45) is 0 Å². The van der Waals surface area contributed by atoms with E-state index in [1.54, 1.807) is 0 Å². The summed E-state index contributed by atoms with van der Waals surface area (Å²) in [5, 5.41) is 6.02. The number of carbonyl (C=O) groups is 1. The molecule has 0 aliphatic heterocycles. The van der Waals surface area contributed by atoms with Crippen LogP contribution in [0.2, 0.25) is 0 Å². The predicted octanol–water partition coefficient (Wildman–Crippen LogP) is 0.904. The van der Waals surface area contributed by atoms with E-state index in [-0.39, 0.29) is 11.9 Å². The fourth-order valence-electron chi connectivity index (χ4n) is 1.19. The Balaban J connectivity index is 3.41. The Bertz CT molecular complexity index is 196. The second kappa shape index (κ2) is 8.58. The zero-order chi connectivity index (χ0) is 10.8. The standard InChI is InChI=1S/C11H20N2O/c1-4-6-7-8-13-11(14)9-10(3)12-5-2/h1,10,12H,5-9H2,2-3H3,(H,13,14). The highest BCUT2D eigenvalue weighted by molar-refractivity contribution is 5.76. The summed E-state index contributed by atoms with van der Waals surface area (Å²) < 4.78 is 0. The van der Waals surface area contributed by atoms with Crippen molar-refractivity contribution < 1.29 is 4.79 Å². The third-order valence-corrected chi connectivity index (χ3v) is 1.86. The summed E-state index contributed by atoms with van der Waals surface area (Å²) in [6, 6.07) is 0.243. The molecular formula is C11H20N2O. The molecule has 0 aromatic heterocycles. The van der Waals surface area contributed by atoms with Gasteiger partial charge in [0.15, 0.2) is 0 Å². The van der Waals surface area contributed by atoms with Gasteiger partial charge in [-0.05, 0) is 19.9 Å². The molecule has 3 heteroatoms. The van der Waals surface area contributed by atoms with E-state index in [0.29, 0.717) is 13.0 Å². The van der Waals surface area contributed by atoms with E-state index in [0.717, 1.165) is 19.4 Å². The van der Waals surface area contributed by atoms with Crippen LogP contribution in [0.5, 0.6) is 0 Å². The van der Waals surface area contributed by atoms with Crippen LogP contribution >= 0.6 is 0 Å². The fraction of sp³-hybridized carbons (Fsp3) is 0.727. The summed E-state index contributed by atoms with van der Waals surface area (Å²) in [4.78, 5) is 11.3. The number of carbonyl (C=O) groups excluding carboxylic acids is 1. The monoisotopic (exact) mass is 196 g/mol. The Kier molecular flexibility index (Phi) is 7.96. The zero-order valence-electron chi connectivity index (χ0n) is 9.10. The topological polar surface area (TPSA) is 41.1 Å². The van der Waals surface area contributed by atoms with Crippen LogP contribution < -0.4 is 10.6 Å². The van der Waals surface area contributed by atoms with Gasteiger partial charge in [-0.2, -0.15) is 0 Å². The molecule has 0 aliphatic carbocycles. The Morgan fingerprint density at radius 3 is 2.86 bits per heavy atom. The van der Waals surface area contributed by atoms with Gasteiger partial charge in [0.2, 0.25) is 5.91 Å². The van der Waals surface area contributed by atoms with Crippen LogP contribution in [-0.2, 0) is 4.79 Å². The maximum Gasteiger partial charge on any atom is 0.221 e. The lowest BCUT2D eigenvalue weighted by atomic mass is 10.2. The van der Waals surface area contributed by atoms with E-state index >= 15 is 0 Å². The molecule has 0 bridgehead atoms. The molecule has 14 heavy (non-hydrogen) atoms. The lowest BCUT2D eigenvalue weighted by Gasteiger charge is -2.11. The molecular weight excluding hydrogens is 176 g/mol. The molecule has 1 atom stereocenters. The molecule has 0 heterocycles. The first-order valence-electron chi connectivity index (χ1n) is 5.14. The molecule has 80 valence electrons. The van der Waals surface area contributed by atoms with E-state index in [2.05, 4.69) is 16.6 Å². The molecule has 0 saturated carbocycles. The number of hydrogen-bond donors (Lipinski definition) is 2. The molecule has 1 unspecified atom stereocenters. The average molecular weight is 196 g/mol. The summed E-state index contributed by atoms with van der Waals surface area (Å²) >= 11 is 0. The Labute approximate surface area is 86.6 Å². The van der Waals surface area contributed by atoms with Gasteiger partial charge in [0.1, 0.15) is 0 Å². The van der Waals surface area contributed by atoms with Gasteiger partial charge in [-0.3, -0.25) is 4.79 Å². The largest absolute Gasteiger partial charge is 0.356 e. The Hall–Kier alpha value is -1.01. The van der Waals surface area contributed by atoms with Crippen LogP contribution in [0, 0.1) is 12.3 Å². The maximum atomic E-state index is 11.3. The quantitative estimate of drug-likeness (QED) is 0.469. The van der Waals surface area contributed by atoms with Gasteiger partial charge >= 0.3 is 0 Å². The number of nitrogens with one attached hydrogen (secondary N) is 2. The van der Waals surface area contributed by atoms with Crippen molar-refractivity contribution >= 4 is 5.91 Å². The smallest absolute Gasteiger partial charge is 0.221 e. The highest BCUT2D eigenvalue weighted by Gasteiger charge is 2.06. The first kappa shape index (κ1) is 13.0. The summed E-state index contributed by atoms with van der Waals surface area (Å²) in [5.74, 6) is 2.63. The molecule has 0 fully saturated rings. The minimum absolute atomic E-state index is 0.0930. The van der Waals surface area contributed by atoms with Crippen molar-refractivity contribution in [1.82, 2.24) is 10.6 Å². The van der Waals surface area contributed by atoms with Crippen molar-refractivity contribution in [2.45, 2.75) is 39.2 Å². The first-order chi connectivity index (χ1) is 6.70. The third-order valence-electron chi connectivity index (χ3n) is 1.86. The molecule has 0 rings (SSSR count). The average Bonchev–Trinajstić information content (AvgIpc) is 2.13. The highest BCUT2D eigenvalue weighted by Crippen LogP contribution is 1.90. The summed E-state index contributed by atoms with van der Waals surface area (Å²) in [6.07, 6.45) is 7.21. The predicted molar refractivity (Wildman–Crippen MR) is 58.8 cm³/mol. The van der Waals surface area contributed by atoms with E-state index in [9.17, 15) is 4.79 Å². The van der Waals surface area contributed by atoms with Gasteiger partial charge in [0.25, 0.3) is 0 Å². The molecule has 3 nitrogen and oxygen atoms in total. The second-order valence-corrected chi connectivity index (χ2v) is 3.32. The van der Waals surface area contributed by atoms with Gasteiger partial charge in [-0.15, -0.1) is 12.3 Å². The normalized spacial score (nSPS) is 11.8. The van der Waals surface area contributed by atoms with Crippen molar-refractivity contribution in [3.05, 3.63) is 0 Å². The molecule has 0 radical (unpaired) electrons. The molecule has 0 spiro atoms. The van der Waals surface area contributed by atoms with Crippen LogP contribution in [-0.4, -0.2) is 25.0 Å². The van der Waals surface area contributed by atoms with E-state index in [1.165, 1.54) is 0 Å². The first-order valence-corrected chi connectivity index (χ1v) is 5.14. The van der Waals surface area contributed by atoms with E-state index < -0.39 is 0 Å². The number of hydrogen-bond acceptors (Lipinski definition) is 2. The molecule has 0 aliphatic rings. The number of unbranched alkanes of at least 4 members (excludes halogenated alkanes) is 1. The van der Waals surface area contributed by atoms with Crippen molar-refractivity contribution in [3.63, 3.8) is 0 Å². The minimum Gasteiger partial charge on any atom is -0.356 e. The number of rotatable bonds is 7. The Morgan fingerprint density at radius 2 is 2.29 bits per heavy atom. The highest BCUT2D eigenvalue weighted by atomic mass is 16.1. The van der Waals surface area contributed by atoms with Crippen molar-refractivity contribution in [3.8, 4) is 12.3 Å². The van der Waals surface area contributed by atoms with Crippen LogP contribution in [0.1, 0.15) is 33.1 Å². The molecule has 0 aromatic carbocycles. The van der Waals surface area contributed by atoms with Crippen molar-refractivity contribution in [1.29, 1.82) is 0 Å². The summed E-state index contributed by atoms with van der Waals surface area (Å²) in [7, 11) is 0. The van der Waals surface area contributed by atoms with Gasteiger partial charge < -0.3 is 10.6 Å². The fourth-order valence-corrected chi connectivity index (χ4v) is 1.19. The van der Waals surface area contributed by atoms with Crippen LogP contribution in [0.25, 0.3) is 0 Å². The van der Waals surface area contributed by atoms with Gasteiger partial charge in [-0.1, -0.05) is 6.92 Å². The minimum atomic E-state index is 0.0930. The van der Waals surface area contributed by atoms with Gasteiger partial charge in [0, 0.05) is 25.4 Å². The molecule has 1 amide bonds. The molecule has 0 aromatic rings. The molecule has 0 saturated heterocycles. The van der Waals surface area contributed by atoms with Crippen LogP contribution in [0.4, 0.5) is 0 Å². The molecule has 2 N–H and O–H groups in total.